The van der Waals surface area contributed by atoms with Crippen molar-refractivity contribution in [2.75, 3.05) is 48.3 Å². The first kappa shape index (κ1) is 38.7. The van der Waals surface area contributed by atoms with E-state index in [1.807, 2.05) is 45.0 Å². The highest BCUT2D eigenvalue weighted by atomic mass is 16.2. The van der Waals surface area contributed by atoms with E-state index < -0.39 is 5.41 Å². The summed E-state index contributed by atoms with van der Waals surface area (Å²) in [4.78, 5) is 43.6. The molecule has 3 rings (SSSR count). The van der Waals surface area contributed by atoms with Crippen molar-refractivity contribution in [2.45, 2.75) is 70.8 Å². The lowest BCUT2D eigenvalue weighted by Gasteiger charge is -2.42. The first-order valence-corrected chi connectivity index (χ1v) is 16.2. The number of amidine groups is 1. The predicted octanol–water partition coefficient (Wildman–Crippen LogP) is 2.95. The normalized spacial score (nSPS) is 13.5. The third-order valence-corrected chi connectivity index (χ3v) is 8.36. The molecule has 1 aliphatic carbocycles. The van der Waals surface area contributed by atoms with Crippen LogP contribution in [-0.2, 0) is 16.6 Å². The third kappa shape index (κ3) is 9.30. The maximum absolute atomic E-state index is 12.9. The lowest BCUT2D eigenvalue weighted by Crippen LogP contribution is -2.51. The highest BCUT2D eigenvalue weighted by molar-refractivity contribution is 5.99. The Morgan fingerprint density at radius 3 is 1.94 bits per heavy atom. The van der Waals surface area contributed by atoms with E-state index in [0.29, 0.717) is 36.9 Å². The smallest absolute Gasteiger partial charge is 0.253 e. The molecule has 47 heavy (non-hydrogen) atoms. The van der Waals surface area contributed by atoms with Crippen molar-refractivity contribution in [1.29, 1.82) is 5.26 Å². The molecule has 3 amide bonds. The molecule has 0 heterocycles. The van der Waals surface area contributed by atoms with Gasteiger partial charge in [-0.3, -0.25) is 14.4 Å². The molecule has 1 atom stereocenters. The zero-order chi connectivity index (χ0) is 35.3. The summed E-state index contributed by atoms with van der Waals surface area (Å²) in [6, 6.07) is 13.1. The number of hydrazone groups is 1. The van der Waals surface area contributed by atoms with Crippen molar-refractivity contribution in [1.82, 2.24) is 25.6 Å². The number of carbonyl (C=O) groups excluding carboxylic acids is 3. The van der Waals surface area contributed by atoms with Crippen LogP contribution in [-0.4, -0.2) is 92.6 Å². The van der Waals surface area contributed by atoms with Crippen LogP contribution in [0.2, 0.25) is 0 Å². The van der Waals surface area contributed by atoms with E-state index in [9.17, 15) is 14.4 Å². The van der Waals surface area contributed by atoms with Crippen LogP contribution in [0.3, 0.4) is 0 Å². The van der Waals surface area contributed by atoms with Gasteiger partial charge in [-0.15, -0.1) is 0 Å². The fourth-order valence-electron chi connectivity index (χ4n) is 5.99. The number of nitrogens with one attached hydrogen (secondary N) is 2. The van der Waals surface area contributed by atoms with E-state index in [-0.39, 0.29) is 36.1 Å². The van der Waals surface area contributed by atoms with Crippen molar-refractivity contribution < 1.29 is 14.4 Å². The summed E-state index contributed by atoms with van der Waals surface area (Å²) in [5, 5.41) is 16.4. The van der Waals surface area contributed by atoms with Gasteiger partial charge in [-0.2, -0.15) is 10.4 Å². The highest BCUT2D eigenvalue weighted by Crippen LogP contribution is 2.46. The van der Waals surface area contributed by atoms with Crippen molar-refractivity contribution >= 4 is 23.6 Å². The van der Waals surface area contributed by atoms with Crippen LogP contribution in [0, 0.1) is 11.3 Å². The van der Waals surface area contributed by atoms with E-state index in [1.54, 1.807) is 52.3 Å². The monoisotopic (exact) mass is 647 g/mol. The average Bonchev–Trinajstić information content (AvgIpc) is 3.06. The molecule has 0 radical (unpaired) electrons. The van der Waals surface area contributed by atoms with Crippen molar-refractivity contribution in [2.24, 2.45) is 16.7 Å². The lowest BCUT2D eigenvalue weighted by atomic mass is 9.62. The minimum Gasteiger partial charge on any atom is -0.385 e. The Bertz CT molecular complexity index is 1390. The summed E-state index contributed by atoms with van der Waals surface area (Å²) in [5.41, 5.74) is 12.8. The number of nitrogens with zero attached hydrogens (tertiary/aromatic N) is 5. The second-order valence-electron chi connectivity index (χ2n) is 12.1. The zero-order valence-corrected chi connectivity index (χ0v) is 29.3. The number of rotatable bonds is 14. The lowest BCUT2D eigenvalue weighted by molar-refractivity contribution is -0.129. The molecule has 256 valence electrons. The summed E-state index contributed by atoms with van der Waals surface area (Å²) in [7, 11) is 8.61. The fraction of sp³-hybridized carbons (Fsp3) is 0.514. The van der Waals surface area contributed by atoms with Gasteiger partial charge in [0.15, 0.2) is 0 Å². The summed E-state index contributed by atoms with van der Waals surface area (Å²) in [5.74, 6) is 5.59. The molecule has 0 spiro atoms. The van der Waals surface area contributed by atoms with E-state index in [1.165, 1.54) is 9.80 Å². The molecule has 12 nitrogen and oxygen atoms in total. The van der Waals surface area contributed by atoms with Crippen LogP contribution in [0.1, 0.15) is 95.8 Å². The van der Waals surface area contributed by atoms with Gasteiger partial charge in [-0.05, 0) is 79.1 Å². The SMILES string of the molecule is CC.C[C@H](CC1(/C(N)=N/NN)c2ccc(C(=O)N(C)C)cc2Cc2cc(C(=O)N(C)C)ccc21)NCC(=O)N(C)CCCCCC#N. The predicted molar refractivity (Wildman–Crippen MR) is 187 cm³/mol. The van der Waals surface area contributed by atoms with Crippen LogP contribution in [0.15, 0.2) is 41.5 Å². The van der Waals surface area contributed by atoms with Gasteiger partial charge in [-0.25, -0.2) is 11.4 Å². The van der Waals surface area contributed by atoms with Crippen LogP contribution in [0.4, 0.5) is 0 Å². The molecule has 0 unspecified atom stereocenters. The Labute approximate surface area is 280 Å². The number of hydrazine groups is 1. The molecule has 0 bridgehead atoms. The molecule has 0 saturated carbocycles. The maximum Gasteiger partial charge on any atom is 0.253 e. The van der Waals surface area contributed by atoms with Crippen molar-refractivity contribution in [3.63, 3.8) is 0 Å². The Kier molecular flexibility index (Phi) is 14.8. The number of carbonyl (C=O) groups is 3. The van der Waals surface area contributed by atoms with E-state index in [4.69, 9.17) is 16.8 Å². The van der Waals surface area contributed by atoms with E-state index in [0.717, 1.165) is 41.5 Å². The Hall–Kier alpha value is -4.47. The van der Waals surface area contributed by atoms with Gasteiger partial charge in [0.2, 0.25) is 5.91 Å². The van der Waals surface area contributed by atoms with Crippen molar-refractivity contribution in [3.8, 4) is 6.07 Å². The molecule has 12 heteroatoms. The second kappa shape index (κ2) is 18.0. The molecule has 1 aliphatic rings. The van der Waals surface area contributed by atoms with E-state index in [2.05, 4.69) is 22.0 Å². The fourth-order valence-corrected chi connectivity index (χ4v) is 5.99. The minimum absolute atomic E-state index is 0.0374. The van der Waals surface area contributed by atoms with Crippen LogP contribution < -0.4 is 22.4 Å². The quantitative estimate of drug-likeness (QED) is 0.0796. The number of unbranched alkanes of at least 4 members (excludes halogenated alkanes) is 3. The van der Waals surface area contributed by atoms with Crippen LogP contribution in [0.25, 0.3) is 0 Å². The molecule has 0 saturated heterocycles. The molecular formula is C35H53N9O3. The summed E-state index contributed by atoms with van der Waals surface area (Å²) in [6.45, 7) is 6.74. The molecule has 0 fully saturated rings. The number of hydrogen-bond donors (Lipinski definition) is 4. The molecule has 2 aromatic carbocycles. The average molecular weight is 648 g/mol. The van der Waals surface area contributed by atoms with Crippen LogP contribution in [0.5, 0.6) is 0 Å². The maximum atomic E-state index is 12.9. The van der Waals surface area contributed by atoms with Gasteiger partial charge in [-0.1, -0.05) is 32.4 Å². The van der Waals surface area contributed by atoms with Gasteiger partial charge >= 0.3 is 0 Å². The molecule has 0 aromatic heterocycles. The largest absolute Gasteiger partial charge is 0.385 e. The summed E-state index contributed by atoms with van der Waals surface area (Å²) < 4.78 is 0. The zero-order valence-electron chi connectivity index (χ0n) is 29.3. The first-order valence-electron chi connectivity index (χ1n) is 16.2. The Balaban J connectivity index is 0.00000376. The summed E-state index contributed by atoms with van der Waals surface area (Å²) >= 11 is 0. The summed E-state index contributed by atoms with van der Waals surface area (Å²) in [6.07, 6.45) is 3.99. The Morgan fingerprint density at radius 1 is 0.936 bits per heavy atom. The highest BCUT2D eigenvalue weighted by Gasteiger charge is 2.46. The number of nitrogens with two attached hydrogens (primary N) is 2. The third-order valence-electron chi connectivity index (χ3n) is 8.36. The molecule has 6 N–H and O–H groups in total. The van der Waals surface area contributed by atoms with Gasteiger partial charge in [0.05, 0.1) is 18.0 Å². The standard InChI is InChI=1S/C33H47N9O3.C2H6/c1-22(37-21-29(43)42(6)16-10-8-7-9-15-34)20-33(32(35)38-39-36)27-13-11-23(30(44)40(2)3)17-25(27)19-26-18-24(12-14-28(26)33)31(45)41(4)5;1-2/h11-14,17-18,22,37,39H,7-10,16,19-21,36H2,1-6H3,(H2,35,38);1-2H3/t22-;/m1./s1. The number of fused-ring (bicyclic) bond motifs is 2. The minimum atomic E-state index is -0.989. The van der Waals surface area contributed by atoms with E-state index >= 15 is 0 Å². The van der Waals surface area contributed by atoms with Crippen molar-refractivity contribution in [3.05, 3.63) is 69.8 Å². The molecule has 0 aliphatic heterocycles. The first-order chi connectivity index (χ1) is 22.4. The van der Waals surface area contributed by atoms with Crippen LogP contribution >= 0.6 is 0 Å². The Morgan fingerprint density at radius 2 is 1.47 bits per heavy atom. The number of hydrogen-bond acceptors (Lipinski definition) is 8. The number of benzene rings is 2. The van der Waals surface area contributed by atoms with Gasteiger partial charge in [0.1, 0.15) is 5.84 Å². The molecule has 2 aromatic rings. The molecular weight excluding hydrogens is 594 g/mol. The number of likely N-dealkylation sites (N-methyl/N-ethyl adjacent to an activating group) is 1. The van der Waals surface area contributed by atoms with Gasteiger partial charge in [0, 0.05) is 65.4 Å². The topological polar surface area (TPSA) is 173 Å². The number of amides is 3. The van der Waals surface area contributed by atoms with Gasteiger partial charge < -0.3 is 25.8 Å². The second-order valence-corrected chi connectivity index (χ2v) is 12.1. The number of nitriles is 1. The van der Waals surface area contributed by atoms with Gasteiger partial charge in [0.25, 0.3) is 11.8 Å².